The van der Waals surface area contributed by atoms with Gasteiger partial charge in [0.2, 0.25) is 0 Å². The van der Waals surface area contributed by atoms with E-state index in [9.17, 15) is 18.0 Å². The summed E-state index contributed by atoms with van der Waals surface area (Å²) in [6, 6.07) is 6.76. The van der Waals surface area contributed by atoms with Crippen LogP contribution in [0.4, 0.5) is 13.2 Å². The highest BCUT2D eigenvalue weighted by Gasteiger charge is 2.36. The molecule has 4 rings (SSSR count). The van der Waals surface area contributed by atoms with Gasteiger partial charge in [-0.05, 0) is 24.3 Å². The maximum Gasteiger partial charge on any atom is 0.417 e. The highest BCUT2D eigenvalue weighted by molar-refractivity contribution is 6.34. The van der Waals surface area contributed by atoms with Crippen LogP contribution < -0.4 is 0 Å². The molecule has 0 atom stereocenters. The normalized spacial score (nSPS) is 14.1. The Morgan fingerprint density at radius 2 is 1.89 bits per heavy atom. The van der Waals surface area contributed by atoms with Crippen molar-refractivity contribution in [1.29, 1.82) is 0 Å². The summed E-state index contributed by atoms with van der Waals surface area (Å²) in [7, 11) is 0. The fourth-order valence-corrected chi connectivity index (χ4v) is 3.34. The number of rotatable bonds is 2. The molecule has 0 N–H and O–H groups in total. The lowest BCUT2D eigenvalue weighted by atomic mass is 10.1. The highest BCUT2D eigenvalue weighted by Crippen LogP contribution is 2.36. The summed E-state index contributed by atoms with van der Waals surface area (Å²) in [6.07, 6.45) is -3.10. The summed E-state index contributed by atoms with van der Waals surface area (Å²) < 4.78 is 41.0. The molecule has 1 aliphatic rings. The molecule has 0 unspecified atom stereocenters. The Balaban J connectivity index is 1.61. The summed E-state index contributed by atoms with van der Waals surface area (Å²) in [5.74, 6) is 0.432. The zero-order valence-corrected chi connectivity index (χ0v) is 14.9. The van der Waals surface area contributed by atoms with E-state index in [1.807, 2.05) is 4.57 Å². The van der Waals surface area contributed by atoms with E-state index >= 15 is 0 Å². The molecule has 2 aromatic heterocycles. The van der Waals surface area contributed by atoms with Crippen molar-refractivity contribution in [2.45, 2.75) is 19.3 Å². The monoisotopic (exact) mass is 408 g/mol. The minimum Gasteiger partial charge on any atom is -0.329 e. The number of carbonyl (C=O) groups is 1. The third-order valence-electron chi connectivity index (χ3n) is 4.38. The van der Waals surface area contributed by atoms with Gasteiger partial charge in [-0.3, -0.25) is 4.79 Å². The number of carbonyl (C=O) groups excluding carboxylic acids is 1. The van der Waals surface area contributed by atoms with E-state index in [2.05, 4.69) is 20.4 Å². The van der Waals surface area contributed by atoms with Crippen molar-refractivity contribution in [3.8, 4) is 11.5 Å². The van der Waals surface area contributed by atoms with E-state index in [4.69, 9.17) is 11.6 Å². The van der Waals surface area contributed by atoms with Gasteiger partial charge in [0.15, 0.2) is 11.6 Å². The van der Waals surface area contributed by atoms with Gasteiger partial charge in [0.25, 0.3) is 5.91 Å². The molecule has 1 amide bonds. The summed E-state index contributed by atoms with van der Waals surface area (Å²) in [4.78, 5) is 14.2. The smallest absolute Gasteiger partial charge is 0.329 e. The summed E-state index contributed by atoms with van der Waals surface area (Å²) in [6.45, 7) is 0.735. The Morgan fingerprint density at radius 1 is 1.07 bits per heavy atom. The number of hydrogen-bond donors (Lipinski definition) is 0. The Bertz CT molecular complexity index is 1040. The lowest BCUT2D eigenvalue weighted by Crippen LogP contribution is -2.38. The molecule has 0 fully saturated rings. The quantitative estimate of drug-likeness (QED) is 0.651. The van der Waals surface area contributed by atoms with Gasteiger partial charge in [0, 0.05) is 19.3 Å². The summed E-state index contributed by atoms with van der Waals surface area (Å²) >= 11 is 5.88. The number of hydrogen-bond acceptors (Lipinski definition) is 5. The maximum absolute atomic E-state index is 13.1. The zero-order chi connectivity index (χ0) is 19.9. The second-order valence-electron chi connectivity index (χ2n) is 6.09. The van der Waals surface area contributed by atoms with E-state index in [-0.39, 0.29) is 18.7 Å². The molecule has 11 heteroatoms. The highest BCUT2D eigenvalue weighted by atomic mass is 35.5. The first-order valence-electron chi connectivity index (χ1n) is 8.21. The van der Waals surface area contributed by atoms with Gasteiger partial charge in [-0.25, -0.2) is 0 Å². The molecule has 0 radical (unpaired) electrons. The number of alkyl halides is 3. The number of aromatic nitrogens is 5. The van der Waals surface area contributed by atoms with Gasteiger partial charge < -0.3 is 9.47 Å². The fourth-order valence-electron chi connectivity index (χ4n) is 3.03. The molecule has 0 aliphatic carbocycles. The van der Waals surface area contributed by atoms with E-state index < -0.39 is 22.7 Å². The number of benzene rings is 1. The topological polar surface area (TPSA) is 76.8 Å². The van der Waals surface area contributed by atoms with Crippen LogP contribution in [0.1, 0.15) is 21.7 Å². The molecule has 0 bridgehead atoms. The van der Waals surface area contributed by atoms with Crippen LogP contribution in [-0.4, -0.2) is 42.3 Å². The molecule has 0 saturated carbocycles. The Morgan fingerprint density at radius 3 is 2.61 bits per heavy atom. The zero-order valence-electron chi connectivity index (χ0n) is 14.2. The molecule has 0 spiro atoms. The third-order valence-corrected chi connectivity index (χ3v) is 4.78. The lowest BCUT2D eigenvalue weighted by molar-refractivity contribution is -0.137. The first-order chi connectivity index (χ1) is 13.4. The van der Waals surface area contributed by atoms with Crippen LogP contribution in [0.2, 0.25) is 5.02 Å². The first kappa shape index (κ1) is 18.4. The van der Waals surface area contributed by atoms with Gasteiger partial charge in [0.05, 0.1) is 22.7 Å². The molecule has 3 heterocycles. The van der Waals surface area contributed by atoms with E-state index in [0.717, 1.165) is 6.07 Å². The van der Waals surface area contributed by atoms with Gasteiger partial charge in [0.1, 0.15) is 5.69 Å². The van der Waals surface area contributed by atoms with Crippen LogP contribution >= 0.6 is 11.6 Å². The third kappa shape index (κ3) is 3.19. The maximum atomic E-state index is 13.1. The molecule has 144 valence electrons. The number of amides is 1. The van der Waals surface area contributed by atoms with Gasteiger partial charge >= 0.3 is 6.18 Å². The average Bonchev–Trinajstić information content (AvgIpc) is 3.10. The summed E-state index contributed by atoms with van der Waals surface area (Å²) in [5.41, 5.74) is -0.689. The van der Waals surface area contributed by atoms with Crippen molar-refractivity contribution >= 4 is 17.5 Å². The number of halogens is 4. The molecule has 28 heavy (non-hydrogen) atoms. The van der Waals surface area contributed by atoms with Gasteiger partial charge in [-0.2, -0.15) is 18.3 Å². The van der Waals surface area contributed by atoms with Crippen LogP contribution in [0.15, 0.2) is 36.5 Å². The molecule has 0 saturated heterocycles. The van der Waals surface area contributed by atoms with Crippen molar-refractivity contribution in [2.75, 3.05) is 6.54 Å². The molecular weight excluding hydrogens is 397 g/mol. The van der Waals surface area contributed by atoms with Crippen molar-refractivity contribution in [3.05, 3.63) is 58.5 Å². The van der Waals surface area contributed by atoms with Crippen molar-refractivity contribution in [1.82, 2.24) is 29.9 Å². The summed E-state index contributed by atoms with van der Waals surface area (Å²) in [5, 5.41) is 15.4. The Kier molecular flexibility index (Phi) is 4.50. The van der Waals surface area contributed by atoms with E-state index in [1.165, 1.54) is 23.2 Å². The number of nitrogens with zero attached hydrogens (tertiary/aromatic N) is 6. The SMILES string of the molecule is O=C(c1cccc(C(F)(F)F)c1Cl)N1CCn2c(nnc2-c2cccnn2)C1. The number of fused-ring (bicyclic) bond motifs is 1. The molecular formula is C17H12ClF3N6O. The van der Waals surface area contributed by atoms with Crippen molar-refractivity contribution in [2.24, 2.45) is 0 Å². The van der Waals surface area contributed by atoms with E-state index in [1.54, 1.807) is 12.1 Å². The minimum absolute atomic E-state index is 0.0959. The van der Waals surface area contributed by atoms with Crippen molar-refractivity contribution < 1.29 is 18.0 Å². The Hall–Kier alpha value is -3.01. The van der Waals surface area contributed by atoms with Crippen LogP contribution in [0.25, 0.3) is 11.5 Å². The van der Waals surface area contributed by atoms with E-state index in [0.29, 0.717) is 23.9 Å². The van der Waals surface area contributed by atoms with Gasteiger partial charge in [-0.1, -0.05) is 17.7 Å². The first-order valence-corrected chi connectivity index (χ1v) is 8.59. The predicted octanol–water partition coefficient (Wildman–Crippen LogP) is 3.06. The largest absolute Gasteiger partial charge is 0.417 e. The minimum atomic E-state index is -4.64. The van der Waals surface area contributed by atoms with Crippen LogP contribution in [0.5, 0.6) is 0 Å². The predicted molar refractivity (Wildman–Crippen MR) is 92.2 cm³/mol. The van der Waals surface area contributed by atoms with Crippen LogP contribution in [-0.2, 0) is 19.3 Å². The molecule has 7 nitrogen and oxygen atoms in total. The lowest BCUT2D eigenvalue weighted by Gasteiger charge is -2.28. The van der Waals surface area contributed by atoms with Crippen molar-refractivity contribution in [3.63, 3.8) is 0 Å². The average molecular weight is 409 g/mol. The second-order valence-corrected chi connectivity index (χ2v) is 6.47. The fraction of sp³-hybridized carbons (Fsp3) is 0.235. The standard InChI is InChI=1S/C17H12ClF3N6O/c18-14-10(3-1-4-11(14)17(19,20)21)16(28)26-7-8-27-13(9-26)24-25-15(27)12-5-2-6-22-23-12/h1-6H,7-9H2. The van der Waals surface area contributed by atoms with Crippen LogP contribution in [0.3, 0.4) is 0 Å². The van der Waals surface area contributed by atoms with Crippen LogP contribution in [0, 0.1) is 0 Å². The molecule has 3 aromatic rings. The Labute approximate surface area is 161 Å². The molecule has 1 aromatic carbocycles. The molecule has 1 aliphatic heterocycles. The van der Waals surface area contributed by atoms with Gasteiger partial charge in [-0.15, -0.1) is 15.3 Å². The second kappa shape index (κ2) is 6.86.